The molecule has 3 aromatic heterocycles. The molecule has 3 N–H and O–H groups in total. The van der Waals surface area contributed by atoms with E-state index in [0.29, 0.717) is 5.56 Å². The number of nitrogens with one attached hydrogen (secondary N) is 3. The first-order valence-corrected chi connectivity index (χ1v) is 13.2. The van der Waals surface area contributed by atoms with Gasteiger partial charge in [-0.25, -0.2) is 4.39 Å². The summed E-state index contributed by atoms with van der Waals surface area (Å²) in [5, 5.41) is 11.4. The molecule has 10 nitrogen and oxygen atoms in total. The molecule has 5 aromatic rings. The normalized spacial score (nSPS) is 11.9. The number of aromatic nitrogens is 3. The van der Waals surface area contributed by atoms with Crippen molar-refractivity contribution in [1.29, 1.82) is 0 Å². The summed E-state index contributed by atoms with van der Waals surface area (Å²) in [6, 6.07) is 12.0. The van der Waals surface area contributed by atoms with Crippen LogP contribution in [0.15, 0.2) is 63.9 Å². The second-order valence-corrected chi connectivity index (χ2v) is 10.5. The molecule has 0 fully saturated rings. The van der Waals surface area contributed by atoms with E-state index in [9.17, 15) is 27.2 Å². The Morgan fingerprint density at radius 2 is 1.68 bits per heavy atom. The Hall–Kier alpha value is -5.27. The van der Waals surface area contributed by atoms with Crippen LogP contribution in [0.2, 0.25) is 0 Å². The minimum Gasteiger partial charge on any atom is -0.437 e. The summed E-state index contributed by atoms with van der Waals surface area (Å²) in [7, 11) is 1.43. The summed E-state index contributed by atoms with van der Waals surface area (Å²) in [5.41, 5.74) is 0.158. The van der Waals surface area contributed by atoms with Crippen molar-refractivity contribution in [3.8, 4) is 22.5 Å². The number of benzene rings is 2. The number of carbonyl (C=O) groups is 2. The molecule has 44 heavy (non-hydrogen) atoms. The summed E-state index contributed by atoms with van der Waals surface area (Å²) in [6.07, 6.45) is -3.53. The third kappa shape index (κ3) is 6.09. The molecule has 2 aromatic carbocycles. The fourth-order valence-corrected chi connectivity index (χ4v) is 4.54. The average molecular weight is 611 g/mol. The lowest BCUT2D eigenvalue weighted by molar-refractivity contribution is -0.115. The maximum atomic E-state index is 15.0. The van der Waals surface area contributed by atoms with Gasteiger partial charge in [0.1, 0.15) is 23.9 Å². The molecule has 2 amide bonds. The zero-order chi connectivity index (χ0) is 31.8. The van der Waals surface area contributed by atoms with Gasteiger partial charge >= 0.3 is 6.18 Å². The van der Waals surface area contributed by atoms with Crippen LogP contribution >= 0.6 is 0 Å². The molecule has 0 spiro atoms. The Kier molecular flexibility index (Phi) is 7.84. The number of rotatable bonds is 8. The van der Waals surface area contributed by atoms with Crippen LogP contribution in [0.4, 0.5) is 23.4 Å². The highest BCUT2D eigenvalue weighted by Crippen LogP contribution is 2.38. The van der Waals surface area contributed by atoms with E-state index >= 15 is 0 Å². The van der Waals surface area contributed by atoms with Gasteiger partial charge in [0.15, 0.2) is 5.82 Å². The van der Waals surface area contributed by atoms with Crippen LogP contribution in [-0.4, -0.2) is 46.7 Å². The minimum absolute atomic E-state index is 0.0645. The monoisotopic (exact) mass is 610 g/mol. The Morgan fingerprint density at radius 3 is 2.32 bits per heavy atom. The highest BCUT2D eigenvalue weighted by Gasteiger charge is 2.31. The topological polar surface area (TPSA) is 135 Å². The number of aryl methyl sites for hydroxylation is 1. The van der Waals surface area contributed by atoms with Gasteiger partial charge in [0.2, 0.25) is 12.1 Å². The highest BCUT2D eigenvalue weighted by molar-refractivity contribution is 6.11. The van der Waals surface area contributed by atoms with E-state index in [-0.39, 0.29) is 45.2 Å². The van der Waals surface area contributed by atoms with Crippen molar-refractivity contribution in [2.75, 3.05) is 18.9 Å². The zero-order valence-corrected chi connectivity index (χ0v) is 23.9. The second kappa shape index (κ2) is 11.4. The number of halogens is 4. The van der Waals surface area contributed by atoms with Crippen molar-refractivity contribution in [3.63, 3.8) is 0 Å². The van der Waals surface area contributed by atoms with Gasteiger partial charge in [-0.3, -0.25) is 9.59 Å². The minimum atomic E-state index is -4.61. The van der Waals surface area contributed by atoms with Crippen LogP contribution in [0.1, 0.15) is 46.0 Å². The van der Waals surface area contributed by atoms with Crippen LogP contribution in [0.3, 0.4) is 0 Å². The van der Waals surface area contributed by atoms with Crippen molar-refractivity contribution < 1.29 is 36.1 Å². The number of amides is 2. The SMILES string of the molecule is CNC(=O)c1c(-c2ccc(C)cc2)oc2nc(NCC(F)(F)F)c(-c3ccc(F)c(C(=O)NC(C)(C)c4ncon4)c3)cc12. The number of pyridine rings is 1. The average Bonchev–Trinajstić information content (AvgIpc) is 3.64. The lowest BCUT2D eigenvalue weighted by Crippen LogP contribution is -2.42. The number of fused-ring (bicyclic) bond motifs is 1. The molecule has 0 aliphatic rings. The van der Waals surface area contributed by atoms with Gasteiger partial charge in [-0.15, -0.1) is 0 Å². The Labute approximate surface area is 247 Å². The molecule has 0 saturated heterocycles. The van der Waals surface area contributed by atoms with Gasteiger partial charge in [-0.05, 0) is 44.5 Å². The molecule has 0 unspecified atom stereocenters. The van der Waals surface area contributed by atoms with E-state index < -0.39 is 41.5 Å². The fourth-order valence-electron chi connectivity index (χ4n) is 4.54. The third-order valence-electron chi connectivity index (χ3n) is 6.78. The van der Waals surface area contributed by atoms with Gasteiger partial charge in [0.25, 0.3) is 11.8 Å². The van der Waals surface area contributed by atoms with Crippen molar-refractivity contribution in [1.82, 2.24) is 25.8 Å². The molecule has 0 bridgehead atoms. The van der Waals surface area contributed by atoms with E-state index in [4.69, 9.17) is 8.94 Å². The summed E-state index contributed by atoms with van der Waals surface area (Å²) >= 11 is 0. The summed E-state index contributed by atoms with van der Waals surface area (Å²) in [5.74, 6) is -2.20. The first kappa shape index (κ1) is 30.2. The zero-order valence-electron chi connectivity index (χ0n) is 23.9. The first-order chi connectivity index (χ1) is 20.8. The predicted molar refractivity (Wildman–Crippen MR) is 152 cm³/mol. The third-order valence-corrected chi connectivity index (χ3v) is 6.78. The van der Waals surface area contributed by atoms with Gasteiger partial charge in [-0.2, -0.15) is 23.1 Å². The van der Waals surface area contributed by atoms with E-state index in [1.54, 1.807) is 26.0 Å². The predicted octanol–water partition coefficient (Wildman–Crippen LogP) is 5.99. The standard InChI is InChI=1S/C30H26F4N6O4/c1-15-5-7-16(8-6-15)23-22(26(42)35-4)20-12-18(24(38-27(20)44-23)36-13-30(32,33)34)17-9-10-21(31)19(11-17)25(41)39-29(2,3)28-37-14-43-40-28/h5-12,14H,13H2,1-4H3,(H,35,42)(H,36,38)(H,39,41). The van der Waals surface area contributed by atoms with Crippen molar-refractivity contribution in [2.45, 2.75) is 32.5 Å². The molecule has 0 saturated carbocycles. The van der Waals surface area contributed by atoms with Crippen LogP contribution in [-0.2, 0) is 5.54 Å². The molecule has 5 rings (SSSR count). The Bertz CT molecular complexity index is 1850. The number of nitrogens with zero attached hydrogens (tertiary/aromatic N) is 3. The van der Waals surface area contributed by atoms with Gasteiger partial charge in [0, 0.05) is 18.2 Å². The number of hydrogen-bond donors (Lipinski definition) is 3. The molecular formula is C30H26F4N6O4. The largest absolute Gasteiger partial charge is 0.437 e. The number of hydrogen-bond acceptors (Lipinski definition) is 8. The van der Waals surface area contributed by atoms with Gasteiger partial charge < -0.3 is 24.9 Å². The summed E-state index contributed by atoms with van der Waals surface area (Å²) in [4.78, 5) is 34.5. The molecule has 0 radical (unpaired) electrons. The van der Waals surface area contributed by atoms with Crippen LogP contribution in [0, 0.1) is 12.7 Å². The maximum Gasteiger partial charge on any atom is 0.405 e. The summed E-state index contributed by atoms with van der Waals surface area (Å²) < 4.78 is 65.5. The van der Waals surface area contributed by atoms with E-state index in [0.717, 1.165) is 18.0 Å². The van der Waals surface area contributed by atoms with Crippen molar-refractivity contribution in [2.24, 2.45) is 0 Å². The Balaban J connectivity index is 1.66. The van der Waals surface area contributed by atoms with Crippen LogP contribution < -0.4 is 16.0 Å². The molecule has 228 valence electrons. The van der Waals surface area contributed by atoms with E-state index in [1.165, 1.54) is 25.2 Å². The van der Waals surface area contributed by atoms with Crippen LogP contribution in [0.5, 0.6) is 0 Å². The highest BCUT2D eigenvalue weighted by atomic mass is 19.4. The number of furan rings is 1. The van der Waals surface area contributed by atoms with Gasteiger partial charge in [-0.1, -0.05) is 41.1 Å². The van der Waals surface area contributed by atoms with Gasteiger partial charge in [0.05, 0.1) is 22.1 Å². The molecule has 0 atom stereocenters. The number of carbonyl (C=O) groups excluding carboxylic acids is 2. The molecular weight excluding hydrogens is 584 g/mol. The van der Waals surface area contributed by atoms with Crippen molar-refractivity contribution >= 4 is 28.7 Å². The van der Waals surface area contributed by atoms with E-state index in [2.05, 4.69) is 31.1 Å². The molecule has 0 aliphatic heterocycles. The van der Waals surface area contributed by atoms with Crippen molar-refractivity contribution in [3.05, 3.63) is 83.3 Å². The first-order valence-electron chi connectivity index (χ1n) is 13.2. The maximum absolute atomic E-state index is 15.0. The van der Waals surface area contributed by atoms with Crippen LogP contribution in [0.25, 0.3) is 33.6 Å². The number of alkyl halides is 3. The quantitative estimate of drug-likeness (QED) is 0.182. The Morgan fingerprint density at radius 1 is 0.977 bits per heavy atom. The molecule has 14 heteroatoms. The lowest BCUT2D eigenvalue weighted by Gasteiger charge is -2.22. The smallest absolute Gasteiger partial charge is 0.405 e. The van der Waals surface area contributed by atoms with E-state index in [1.807, 2.05) is 19.1 Å². The molecule has 0 aliphatic carbocycles. The second-order valence-electron chi connectivity index (χ2n) is 10.5. The molecule has 3 heterocycles. The summed E-state index contributed by atoms with van der Waals surface area (Å²) in [6.45, 7) is 3.61. The lowest BCUT2D eigenvalue weighted by atomic mass is 9.98. The number of anilines is 1. The fraction of sp³-hybridized carbons (Fsp3) is 0.233.